The van der Waals surface area contributed by atoms with Crippen molar-refractivity contribution in [2.75, 3.05) is 5.32 Å². The van der Waals surface area contributed by atoms with Crippen LogP contribution in [-0.2, 0) is 0 Å². The molecule has 1 N–H and O–H groups in total. The number of rotatable bonds is 4. The molecule has 7 heteroatoms. The van der Waals surface area contributed by atoms with Gasteiger partial charge in [0.05, 0.1) is 15.0 Å². The van der Waals surface area contributed by atoms with E-state index in [1.165, 1.54) is 12.3 Å². The van der Waals surface area contributed by atoms with E-state index in [-0.39, 0.29) is 11.7 Å². The molecule has 2 rings (SSSR count). The molecular weight excluding hydrogens is 301 g/mol. The van der Waals surface area contributed by atoms with E-state index in [0.29, 0.717) is 15.9 Å². The zero-order valence-electron chi connectivity index (χ0n) is 10.5. The maximum atomic E-state index is 10.5. The lowest BCUT2D eigenvalue weighted by Gasteiger charge is -2.15. The second-order valence-corrected chi connectivity index (χ2v) is 5.01. The highest BCUT2D eigenvalue weighted by atomic mass is 35.5. The molecule has 5 nitrogen and oxygen atoms in total. The van der Waals surface area contributed by atoms with Crippen LogP contribution < -0.4 is 5.32 Å². The Bertz CT molecular complexity index is 632. The molecule has 20 heavy (non-hydrogen) atoms. The van der Waals surface area contributed by atoms with Gasteiger partial charge in [0.2, 0.25) is 0 Å². The highest BCUT2D eigenvalue weighted by Crippen LogP contribution is 2.27. The summed E-state index contributed by atoms with van der Waals surface area (Å²) in [4.78, 5) is 14.0. The van der Waals surface area contributed by atoms with Crippen LogP contribution in [0.5, 0.6) is 0 Å². The van der Waals surface area contributed by atoms with Crippen molar-refractivity contribution in [2.45, 2.75) is 13.0 Å². The Morgan fingerprint density at radius 3 is 2.55 bits per heavy atom. The summed E-state index contributed by atoms with van der Waals surface area (Å²) in [6, 6.07) is 8.26. The molecule has 0 amide bonds. The van der Waals surface area contributed by atoms with E-state index in [4.69, 9.17) is 23.2 Å². The summed E-state index contributed by atoms with van der Waals surface area (Å²) in [6.45, 7) is 1.93. The lowest BCUT2D eigenvalue weighted by molar-refractivity contribution is -0.385. The van der Waals surface area contributed by atoms with E-state index in [1.807, 2.05) is 13.0 Å². The molecule has 1 unspecified atom stereocenters. The summed E-state index contributed by atoms with van der Waals surface area (Å²) in [5.41, 5.74) is 0.900. The van der Waals surface area contributed by atoms with Crippen LogP contribution >= 0.6 is 23.2 Å². The van der Waals surface area contributed by atoms with Crippen LogP contribution in [0.3, 0.4) is 0 Å². The van der Waals surface area contributed by atoms with Gasteiger partial charge in [0.25, 0.3) is 5.69 Å². The average Bonchev–Trinajstić information content (AvgIpc) is 2.42. The second-order valence-electron chi connectivity index (χ2n) is 4.20. The third-order valence-electron chi connectivity index (χ3n) is 2.77. The van der Waals surface area contributed by atoms with Gasteiger partial charge in [-0.2, -0.15) is 0 Å². The van der Waals surface area contributed by atoms with Gasteiger partial charge in [0.1, 0.15) is 12.0 Å². The summed E-state index contributed by atoms with van der Waals surface area (Å²) in [7, 11) is 0. The predicted octanol–water partition coefficient (Wildman–Crippen LogP) is 4.47. The molecule has 0 saturated heterocycles. The number of benzene rings is 1. The predicted molar refractivity (Wildman–Crippen MR) is 79.4 cm³/mol. The monoisotopic (exact) mass is 311 g/mol. The van der Waals surface area contributed by atoms with Crippen LogP contribution in [0, 0.1) is 10.1 Å². The summed E-state index contributed by atoms with van der Waals surface area (Å²) >= 11 is 11.8. The number of hydrogen-bond donors (Lipinski definition) is 1. The molecule has 0 bridgehead atoms. The smallest absolute Gasteiger partial charge is 0.287 e. The standard InChI is InChI=1S/C13H11Cl2N3O2/c1-8(9-2-4-11(14)12(15)6-9)17-13-5-3-10(7-16-13)18(19)20/h2-8H,1H3,(H,16,17). The van der Waals surface area contributed by atoms with Crippen molar-refractivity contribution in [3.05, 3.63) is 62.3 Å². The molecule has 0 spiro atoms. The van der Waals surface area contributed by atoms with E-state index < -0.39 is 4.92 Å². The minimum Gasteiger partial charge on any atom is -0.364 e. The molecule has 0 radical (unpaired) electrons. The van der Waals surface area contributed by atoms with Crippen molar-refractivity contribution in [2.24, 2.45) is 0 Å². The molecule has 0 aliphatic rings. The highest BCUT2D eigenvalue weighted by Gasteiger charge is 2.10. The molecule has 104 valence electrons. The van der Waals surface area contributed by atoms with Crippen molar-refractivity contribution in [3.8, 4) is 0 Å². The van der Waals surface area contributed by atoms with Crippen LogP contribution in [0.15, 0.2) is 36.5 Å². The topological polar surface area (TPSA) is 68.1 Å². The van der Waals surface area contributed by atoms with Crippen molar-refractivity contribution in [1.82, 2.24) is 4.98 Å². The number of pyridine rings is 1. The number of nitrogens with one attached hydrogen (secondary N) is 1. The zero-order chi connectivity index (χ0) is 14.7. The molecule has 1 aromatic carbocycles. The average molecular weight is 312 g/mol. The van der Waals surface area contributed by atoms with Gasteiger partial charge in [-0.25, -0.2) is 4.98 Å². The Balaban J connectivity index is 2.12. The van der Waals surface area contributed by atoms with Crippen molar-refractivity contribution in [3.63, 3.8) is 0 Å². The Labute approximate surface area is 125 Å². The first-order valence-corrected chi connectivity index (χ1v) is 6.55. The maximum Gasteiger partial charge on any atom is 0.287 e. The number of anilines is 1. The Hall–Kier alpha value is -1.85. The highest BCUT2D eigenvalue weighted by molar-refractivity contribution is 6.42. The SMILES string of the molecule is CC(Nc1ccc([N+](=O)[O-])cn1)c1ccc(Cl)c(Cl)c1. The fourth-order valence-electron chi connectivity index (χ4n) is 1.67. The van der Waals surface area contributed by atoms with Crippen LogP contribution in [0.2, 0.25) is 10.0 Å². The zero-order valence-corrected chi connectivity index (χ0v) is 12.0. The summed E-state index contributed by atoms with van der Waals surface area (Å²) < 4.78 is 0. The molecule has 1 heterocycles. The van der Waals surface area contributed by atoms with E-state index in [1.54, 1.807) is 18.2 Å². The van der Waals surface area contributed by atoms with Crippen LogP contribution in [-0.4, -0.2) is 9.91 Å². The van der Waals surface area contributed by atoms with Crippen LogP contribution in [0.4, 0.5) is 11.5 Å². The van der Waals surface area contributed by atoms with Gasteiger partial charge in [0.15, 0.2) is 0 Å². The summed E-state index contributed by atoms with van der Waals surface area (Å²) in [5.74, 6) is 0.550. The van der Waals surface area contributed by atoms with Crippen molar-refractivity contribution < 1.29 is 4.92 Å². The van der Waals surface area contributed by atoms with Gasteiger partial charge < -0.3 is 5.32 Å². The number of halogens is 2. The molecular formula is C13H11Cl2N3O2. The molecule has 0 fully saturated rings. The van der Waals surface area contributed by atoms with Gasteiger partial charge in [-0.15, -0.1) is 0 Å². The Morgan fingerprint density at radius 1 is 1.25 bits per heavy atom. The first-order chi connectivity index (χ1) is 9.47. The summed E-state index contributed by atoms with van der Waals surface area (Å²) in [5, 5.41) is 14.7. The van der Waals surface area contributed by atoms with Crippen molar-refractivity contribution in [1.29, 1.82) is 0 Å². The fraction of sp³-hybridized carbons (Fsp3) is 0.154. The lowest BCUT2D eigenvalue weighted by Crippen LogP contribution is -2.07. The molecule has 2 aromatic rings. The third kappa shape index (κ3) is 3.37. The first-order valence-electron chi connectivity index (χ1n) is 5.79. The Morgan fingerprint density at radius 2 is 2.00 bits per heavy atom. The molecule has 0 aliphatic heterocycles. The van der Waals surface area contributed by atoms with Gasteiger partial charge >= 0.3 is 0 Å². The van der Waals surface area contributed by atoms with Gasteiger partial charge in [-0.3, -0.25) is 10.1 Å². The van der Waals surface area contributed by atoms with E-state index >= 15 is 0 Å². The van der Waals surface area contributed by atoms with Gasteiger partial charge in [-0.05, 0) is 30.7 Å². The lowest BCUT2D eigenvalue weighted by atomic mass is 10.1. The number of aromatic nitrogens is 1. The second kappa shape index (κ2) is 6.07. The first kappa shape index (κ1) is 14.6. The van der Waals surface area contributed by atoms with Crippen LogP contribution in [0.1, 0.15) is 18.5 Å². The fourth-order valence-corrected chi connectivity index (χ4v) is 1.97. The quantitative estimate of drug-likeness (QED) is 0.668. The maximum absolute atomic E-state index is 10.5. The van der Waals surface area contributed by atoms with E-state index in [0.717, 1.165) is 5.56 Å². The molecule has 0 aliphatic carbocycles. The summed E-state index contributed by atoms with van der Waals surface area (Å²) in [6.07, 6.45) is 1.21. The number of nitrogens with zero attached hydrogens (tertiary/aromatic N) is 2. The minimum atomic E-state index is -0.487. The minimum absolute atomic E-state index is 0.0438. The van der Waals surface area contributed by atoms with Gasteiger partial charge in [0, 0.05) is 12.1 Å². The van der Waals surface area contributed by atoms with Crippen molar-refractivity contribution >= 4 is 34.7 Å². The van der Waals surface area contributed by atoms with Crippen LogP contribution in [0.25, 0.3) is 0 Å². The van der Waals surface area contributed by atoms with Gasteiger partial charge in [-0.1, -0.05) is 29.3 Å². The number of nitro groups is 1. The molecule has 1 aromatic heterocycles. The third-order valence-corrected chi connectivity index (χ3v) is 3.51. The molecule has 0 saturated carbocycles. The van der Waals surface area contributed by atoms with E-state index in [2.05, 4.69) is 10.3 Å². The van der Waals surface area contributed by atoms with E-state index in [9.17, 15) is 10.1 Å². The Kier molecular flexibility index (Phi) is 4.42. The largest absolute Gasteiger partial charge is 0.364 e. The molecule has 1 atom stereocenters. The number of hydrogen-bond acceptors (Lipinski definition) is 4. The normalized spacial score (nSPS) is 11.9.